The molecule has 0 bridgehead atoms. The molecule has 0 amide bonds. The standard InChI is InChI=1S/C25H29ClN6O/c1-2-19-5-3-6-20(17-19)22-18-23(29-25(28-22)32-13-15-33-16-14-32)30-9-11-31(12-10-30)24-21(26)7-4-8-27-24/h3-8,17-18H,2,9-16H2,1H3. The number of pyridine rings is 1. The molecule has 33 heavy (non-hydrogen) atoms. The van der Waals surface area contributed by atoms with Gasteiger partial charge >= 0.3 is 0 Å². The van der Waals surface area contributed by atoms with Gasteiger partial charge in [0.1, 0.15) is 11.6 Å². The second-order valence-corrected chi connectivity index (χ2v) is 8.75. The van der Waals surface area contributed by atoms with Gasteiger partial charge in [0.2, 0.25) is 5.95 Å². The van der Waals surface area contributed by atoms with Crippen molar-refractivity contribution >= 4 is 29.2 Å². The van der Waals surface area contributed by atoms with E-state index in [1.165, 1.54) is 5.56 Å². The predicted molar refractivity (Wildman–Crippen MR) is 134 cm³/mol. The Morgan fingerprint density at radius 1 is 0.879 bits per heavy atom. The SMILES string of the molecule is CCc1cccc(-c2cc(N3CCN(c4ncccc4Cl)CC3)nc(N3CCOCC3)n2)c1. The molecule has 8 heteroatoms. The van der Waals surface area contributed by atoms with Crippen molar-refractivity contribution in [1.29, 1.82) is 0 Å². The van der Waals surface area contributed by atoms with Crippen molar-refractivity contribution in [2.45, 2.75) is 13.3 Å². The van der Waals surface area contributed by atoms with Crippen LogP contribution >= 0.6 is 11.6 Å². The van der Waals surface area contributed by atoms with Crippen LogP contribution in [0.1, 0.15) is 12.5 Å². The van der Waals surface area contributed by atoms with Crippen molar-refractivity contribution < 1.29 is 4.74 Å². The van der Waals surface area contributed by atoms with Crippen molar-refractivity contribution in [2.75, 3.05) is 67.2 Å². The number of aryl methyl sites for hydroxylation is 1. The number of anilines is 3. The maximum absolute atomic E-state index is 6.38. The molecule has 2 saturated heterocycles. The fraction of sp³-hybridized carbons (Fsp3) is 0.400. The number of benzene rings is 1. The lowest BCUT2D eigenvalue weighted by Gasteiger charge is -2.37. The van der Waals surface area contributed by atoms with Gasteiger partial charge in [-0.05, 0) is 30.2 Å². The minimum atomic E-state index is 0.695. The van der Waals surface area contributed by atoms with E-state index in [0.29, 0.717) is 18.2 Å². The van der Waals surface area contributed by atoms with Gasteiger partial charge in [-0.15, -0.1) is 0 Å². The third-order valence-corrected chi connectivity index (χ3v) is 6.56. The number of rotatable bonds is 5. The highest BCUT2D eigenvalue weighted by molar-refractivity contribution is 6.32. The first-order chi connectivity index (χ1) is 16.2. The normalized spacial score (nSPS) is 16.8. The van der Waals surface area contributed by atoms with E-state index in [0.717, 1.165) is 74.5 Å². The van der Waals surface area contributed by atoms with E-state index in [1.807, 2.05) is 12.1 Å². The van der Waals surface area contributed by atoms with Gasteiger partial charge in [0.15, 0.2) is 0 Å². The molecule has 2 fully saturated rings. The Balaban J connectivity index is 1.43. The first-order valence-corrected chi connectivity index (χ1v) is 12.0. The van der Waals surface area contributed by atoms with E-state index in [2.05, 4.69) is 56.9 Å². The van der Waals surface area contributed by atoms with Crippen molar-refractivity contribution in [3.63, 3.8) is 0 Å². The van der Waals surface area contributed by atoms with Crippen LogP contribution in [0, 0.1) is 0 Å². The molecule has 0 N–H and O–H groups in total. The Labute approximate surface area is 200 Å². The summed E-state index contributed by atoms with van der Waals surface area (Å²) in [5, 5.41) is 0.695. The molecule has 172 valence electrons. The maximum atomic E-state index is 6.38. The highest BCUT2D eigenvalue weighted by Crippen LogP contribution is 2.28. The smallest absolute Gasteiger partial charge is 0.228 e. The zero-order chi connectivity index (χ0) is 22.6. The van der Waals surface area contributed by atoms with Crippen molar-refractivity contribution in [1.82, 2.24) is 15.0 Å². The summed E-state index contributed by atoms with van der Waals surface area (Å²) in [6.07, 6.45) is 2.80. The fourth-order valence-electron chi connectivity index (χ4n) is 4.34. The van der Waals surface area contributed by atoms with E-state index in [1.54, 1.807) is 6.20 Å². The molecule has 2 aliphatic heterocycles. The van der Waals surface area contributed by atoms with E-state index in [9.17, 15) is 0 Å². The second-order valence-electron chi connectivity index (χ2n) is 8.35. The topological polar surface area (TPSA) is 57.6 Å². The van der Waals surface area contributed by atoms with Crippen molar-refractivity contribution in [3.05, 3.63) is 59.2 Å². The quantitative estimate of drug-likeness (QED) is 0.567. The van der Waals surface area contributed by atoms with Crippen LogP contribution in [0.4, 0.5) is 17.6 Å². The minimum absolute atomic E-state index is 0.695. The molecule has 1 aromatic carbocycles. The number of piperazine rings is 1. The van der Waals surface area contributed by atoms with E-state index in [-0.39, 0.29) is 0 Å². The van der Waals surface area contributed by atoms with Gasteiger partial charge in [-0.1, -0.05) is 36.7 Å². The van der Waals surface area contributed by atoms with Gasteiger partial charge in [-0.3, -0.25) is 0 Å². The summed E-state index contributed by atoms with van der Waals surface area (Å²) in [5.74, 6) is 2.60. The van der Waals surface area contributed by atoms with E-state index in [4.69, 9.17) is 26.3 Å². The molecule has 0 saturated carbocycles. The first kappa shape index (κ1) is 21.9. The summed E-state index contributed by atoms with van der Waals surface area (Å²) >= 11 is 6.38. The molecular weight excluding hydrogens is 436 g/mol. The minimum Gasteiger partial charge on any atom is -0.378 e. The van der Waals surface area contributed by atoms with Gasteiger partial charge in [-0.2, -0.15) is 4.98 Å². The molecule has 4 heterocycles. The molecule has 0 aliphatic carbocycles. The third-order valence-electron chi connectivity index (χ3n) is 6.27. The molecule has 0 unspecified atom stereocenters. The number of ether oxygens (including phenoxy) is 1. The van der Waals surface area contributed by atoms with Gasteiger partial charge in [0.25, 0.3) is 0 Å². The average molecular weight is 465 g/mol. The van der Waals surface area contributed by atoms with Crippen LogP contribution in [0.15, 0.2) is 48.7 Å². The maximum Gasteiger partial charge on any atom is 0.228 e. The Bertz CT molecular complexity index is 1100. The molecule has 2 aromatic heterocycles. The van der Waals surface area contributed by atoms with Crippen LogP contribution in [0.25, 0.3) is 11.3 Å². The summed E-state index contributed by atoms with van der Waals surface area (Å²) < 4.78 is 5.55. The average Bonchev–Trinajstić information content (AvgIpc) is 2.89. The monoisotopic (exact) mass is 464 g/mol. The molecule has 2 aliphatic rings. The molecule has 0 atom stereocenters. The number of halogens is 1. The molecule has 5 rings (SSSR count). The number of hydrogen-bond acceptors (Lipinski definition) is 7. The molecule has 0 radical (unpaired) electrons. The van der Waals surface area contributed by atoms with Crippen LogP contribution in [0.2, 0.25) is 5.02 Å². The summed E-state index contributed by atoms with van der Waals surface area (Å²) in [6, 6.07) is 14.5. The van der Waals surface area contributed by atoms with Gasteiger partial charge in [0.05, 0.1) is 23.9 Å². The van der Waals surface area contributed by atoms with Crippen LogP contribution in [-0.4, -0.2) is 67.4 Å². The fourth-order valence-corrected chi connectivity index (χ4v) is 4.59. The van der Waals surface area contributed by atoms with Crippen LogP contribution in [-0.2, 0) is 11.2 Å². The zero-order valence-electron chi connectivity index (χ0n) is 19.0. The molecule has 0 spiro atoms. The largest absolute Gasteiger partial charge is 0.378 e. The van der Waals surface area contributed by atoms with Crippen molar-refractivity contribution in [3.8, 4) is 11.3 Å². The van der Waals surface area contributed by atoms with E-state index < -0.39 is 0 Å². The Kier molecular flexibility index (Phi) is 6.60. The number of nitrogens with zero attached hydrogens (tertiary/aromatic N) is 6. The summed E-state index contributed by atoms with van der Waals surface area (Å²) in [4.78, 5) is 21.2. The van der Waals surface area contributed by atoms with Crippen LogP contribution < -0.4 is 14.7 Å². The summed E-state index contributed by atoms with van der Waals surface area (Å²) in [7, 11) is 0. The number of morpholine rings is 1. The van der Waals surface area contributed by atoms with Crippen LogP contribution in [0.3, 0.4) is 0 Å². The Morgan fingerprint density at radius 2 is 1.67 bits per heavy atom. The first-order valence-electron chi connectivity index (χ1n) is 11.6. The van der Waals surface area contributed by atoms with Gasteiger partial charge < -0.3 is 19.4 Å². The lowest BCUT2D eigenvalue weighted by atomic mass is 10.1. The van der Waals surface area contributed by atoms with Gasteiger partial charge in [-0.25, -0.2) is 9.97 Å². The van der Waals surface area contributed by atoms with Crippen LogP contribution in [0.5, 0.6) is 0 Å². The number of aromatic nitrogens is 3. The zero-order valence-corrected chi connectivity index (χ0v) is 19.7. The summed E-state index contributed by atoms with van der Waals surface area (Å²) in [6.45, 7) is 8.59. The number of hydrogen-bond donors (Lipinski definition) is 0. The predicted octanol–water partition coefficient (Wildman–Crippen LogP) is 3.92. The molecule has 3 aromatic rings. The molecular formula is C25H29ClN6O. The highest BCUT2D eigenvalue weighted by atomic mass is 35.5. The van der Waals surface area contributed by atoms with Crippen molar-refractivity contribution in [2.24, 2.45) is 0 Å². The Hall–Kier alpha value is -2.90. The lowest BCUT2D eigenvalue weighted by molar-refractivity contribution is 0.122. The lowest BCUT2D eigenvalue weighted by Crippen LogP contribution is -2.47. The Morgan fingerprint density at radius 3 is 2.42 bits per heavy atom. The second kappa shape index (κ2) is 9.93. The highest BCUT2D eigenvalue weighted by Gasteiger charge is 2.23. The summed E-state index contributed by atoms with van der Waals surface area (Å²) in [5.41, 5.74) is 3.40. The third kappa shape index (κ3) is 4.89. The van der Waals surface area contributed by atoms with Gasteiger partial charge in [0, 0.05) is 57.1 Å². The molecule has 7 nitrogen and oxygen atoms in total. The van der Waals surface area contributed by atoms with E-state index >= 15 is 0 Å².